The molecule has 0 amide bonds. The Hall–Kier alpha value is -0.860. The van der Waals surface area contributed by atoms with Gasteiger partial charge in [-0.1, -0.05) is 30.3 Å². The van der Waals surface area contributed by atoms with E-state index in [1.165, 1.54) is 5.56 Å². The molecule has 2 heteroatoms. The largest absolute Gasteiger partial charge is 0.354 e. The lowest BCUT2D eigenvalue weighted by Crippen LogP contribution is -2.25. The van der Waals surface area contributed by atoms with Crippen molar-refractivity contribution >= 4 is 0 Å². The molecule has 12 heavy (non-hydrogen) atoms. The molecule has 1 fully saturated rings. The van der Waals surface area contributed by atoms with Crippen molar-refractivity contribution in [2.75, 3.05) is 13.3 Å². The van der Waals surface area contributed by atoms with E-state index in [4.69, 9.17) is 4.74 Å². The number of nitrogens with one attached hydrogen (secondary N) is 1. The number of benzene rings is 1. The Morgan fingerprint density at radius 1 is 1.33 bits per heavy atom. The van der Waals surface area contributed by atoms with Gasteiger partial charge in [0, 0.05) is 6.54 Å². The predicted octanol–water partition coefficient (Wildman–Crippen LogP) is 1.48. The van der Waals surface area contributed by atoms with Crippen LogP contribution in [-0.2, 0) is 10.3 Å². The monoisotopic (exact) mass is 163 g/mol. The number of ether oxygens (including phenoxy) is 1. The summed E-state index contributed by atoms with van der Waals surface area (Å²) >= 11 is 0. The summed E-state index contributed by atoms with van der Waals surface area (Å²) in [6.45, 7) is 3.67. The van der Waals surface area contributed by atoms with Crippen LogP contribution in [0.4, 0.5) is 0 Å². The zero-order valence-corrected chi connectivity index (χ0v) is 7.21. The fourth-order valence-corrected chi connectivity index (χ4v) is 1.53. The van der Waals surface area contributed by atoms with Gasteiger partial charge in [0.05, 0.1) is 6.73 Å². The molecule has 0 aromatic heterocycles. The molecule has 0 aliphatic carbocycles. The van der Waals surface area contributed by atoms with Crippen LogP contribution in [0, 0.1) is 0 Å². The van der Waals surface area contributed by atoms with Gasteiger partial charge in [-0.15, -0.1) is 0 Å². The molecule has 1 atom stereocenters. The molecule has 2 nitrogen and oxygen atoms in total. The lowest BCUT2D eigenvalue weighted by molar-refractivity contribution is 0.0235. The van der Waals surface area contributed by atoms with Crippen LogP contribution in [0.15, 0.2) is 30.3 Å². The second kappa shape index (κ2) is 2.88. The van der Waals surface area contributed by atoms with E-state index in [-0.39, 0.29) is 5.60 Å². The van der Waals surface area contributed by atoms with Crippen LogP contribution < -0.4 is 5.32 Å². The highest BCUT2D eigenvalue weighted by Crippen LogP contribution is 2.26. The lowest BCUT2D eigenvalue weighted by atomic mass is 9.97. The van der Waals surface area contributed by atoms with Crippen LogP contribution in [0.2, 0.25) is 0 Å². The molecule has 1 heterocycles. The van der Waals surface area contributed by atoms with Crippen molar-refractivity contribution in [3.63, 3.8) is 0 Å². The first-order valence-electron chi connectivity index (χ1n) is 4.21. The highest BCUT2D eigenvalue weighted by molar-refractivity contribution is 5.22. The molecular weight excluding hydrogens is 150 g/mol. The molecule has 2 rings (SSSR count). The zero-order chi connectivity index (χ0) is 8.44. The van der Waals surface area contributed by atoms with Gasteiger partial charge >= 0.3 is 0 Å². The van der Waals surface area contributed by atoms with Crippen molar-refractivity contribution in [2.24, 2.45) is 0 Å². The van der Waals surface area contributed by atoms with Crippen molar-refractivity contribution in [1.82, 2.24) is 5.32 Å². The Balaban J connectivity index is 2.29. The van der Waals surface area contributed by atoms with E-state index in [1.807, 2.05) is 18.2 Å². The van der Waals surface area contributed by atoms with E-state index in [1.54, 1.807) is 0 Å². The van der Waals surface area contributed by atoms with Gasteiger partial charge in [-0.25, -0.2) is 0 Å². The first-order valence-corrected chi connectivity index (χ1v) is 4.21. The van der Waals surface area contributed by atoms with E-state index in [0.717, 1.165) is 6.54 Å². The molecule has 64 valence electrons. The topological polar surface area (TPSA) is 21.3 Å². The van der Waals surface area contributed by atoms with Gasteiger partial charge in [-0.05, 0) is 12.5 Å². The Labute approximate surface area is 72.5 Å². The normalized spacial score (nSPS) is 29.1. The average molecular weight is 163 g/mol. The minimum atomic E-state index is -0.124. The highest BCUT2D eigenvalue weighted by Gasteiger charge is 2.30. The van der Waals surface area contributed by atoms with Gasteiger partial charge in [0.1, 0.15) is 5.60 Å². The Bertz CT molecular complexity index is 252. The van der Waals surface area contributed by atoms with E-state index >= 15 is 0 Å². The number of hydrogen-bond acceptors (Lipinski definition) is 2. The van der Waals surface area contributed by atoms with Gasteiger partial charge in [0.15, 0.2) is 0 Å². The molecule has 1 aliphatic rings. The fraction of sp³-hybridized carbons (Fsp3) is 0.400. The smallest absolute Gasteiger partial charge is 0.105 e. The maximum Gasteiger partial charge on any atom is 0.105 e. The first-order chi connectivity index (χ1) is 5.81. The fourth-order valence-electron chi connectivity index (χ4n) is 1.53. The zero-order valence-electron chi connectivity index (χ0n) is 7.21. The maximum atomic E-state index is 5.62. The third-order valence-electron chi connectivity index (χ3n) is 2.34. The van der Waals surface area contributed by atoms with Crippen LogP contribution in [0.25, 0.3) is 0 Å². The van der Waals surface area contributed by atoms with Gasteiger partial charge in [0.2, 0.25) is 0 Å². The van der Waals surface area contributed by atoms with E-state index in [0.29, 0.717) is 6.73 Å². The number of hydrogen-bond donors (Lipinski definition) is 1. The Morgan fingerprint density at radius 2 is 2.08 bits per heavy atom. The van der Waals surface area contributed by atoms with Gasteiger partial charge in [-0.2, -0.15) is 0 Å². The summed E-state index contributed by atoms with van der Waals surface area (Å²) in [5.41, 5.74) is 1.12. The second-order valence-corrected chi connectivity index (χ2v) is 3.31. The molecule has 0 radical (unpaired) electrons. The van der Waals surface area contributed by atoms with E-state index in [9.17, 15) is 0 Å². The Kier molecular flexibility index (Phi) is 1.87. The molecule has 1 aliphatic heterocycles. The summed E-state index contributed by atoms with van der Waals surface area (Å²) in [7, 11) is 0. The van der Waals surface area contributed by atoms with Crippen molar-refractivity contribution in [2.45, 2.75) is 12.5 Å². The standard InChI is InChI=1S/C10H13NO/c1-10(7-11-8-12-10)9-5-3-2-4-6-9/h2-6,11H,7-8H2,1H3. The third-order valence-corrected chi connectivity index (χ3v) is 2.34. The third kappa shape index (κ3) is 1.24. The van der Waals surface area contributed by atoms with Crippen molar-refractivity contribution in [3.8, 4) is 0 Å². The molecule has 1 saturated heterocycles. The molecule has 0 spiro atoms. The first kappa shape index (κ1) is 7.77. The van der Waals surface area contributed by atoms with Crippen LogP contribution >= 0.6 is 0 Å². The van der Waals surface area contributed by atoms with E-state index in [2.05, 4.69) is 24.4 Å². The maximum absolute atomic E-state index is 5.62. The predicted molar refractivity (Wildman–Crippen MR) is 47.7 cm³/mol. The van der Waals surface area contributed by atoms with Crippen LogP contribution in [0.1, 0.15) is 12.5 Å². The van der Waals surface area contributed by atoms with Gasteiger partial charge in [0.25, 0.3) is 0 Å². The molecular formula is C10H13NO. The summed E-state index contributed by atoms with van der Waals surface area (Å²) in [4.78, 5) is 0. The van der Waals surface area contributed by atoms with Crippen LogP contribution in [0.5, 0.6) is 0 Å². The summed E-state index contributed by atoms with van der Waals surface area (Å²) < 4.78 is 5.62. The molecule has 1 aromatic carbocycles. The van der Waals surface area contributed by atoms with Crippen molar-refractivity contribution < 1.29 is 4.74 Å². The van der Waals surface area contributed by atoms with E-state index < -0.39 is 0 Å². The molecule has 0 saturated carbocycles. The quantitative estimate of drug-likeness (QED) is 0.677. The summed E-state index contributed by atoms with van der Waals surface area (Å²) in [6.07, 6.45) is 0. The minimum absolute atomic E-state index is 0.124. The summed E-state index contributed by atoms with van der Waals surface area (Å²) in [5.74, 6) is 0. The molecule has 0 bridgehead atoms. The van der Waals surface area contributed by atoms with Crippen LogP contribution in [-0.4, -0.2) is 13.3 Å². The number of rotatable bonds is 1. The summed E-state index contributed by atoms with van der Waals surface area (Å²) in [6, 6.07) is 10.3. The van der Waals surface area contributed by atoms with Gasteiger partial charge < -0.3 is 4.74 Å². The van der Waals surface area contributed by atoms with Gasteiger partial charge in [-0.3, -0.25) is 5.32 Å². The van der Waals surface area contributed by atoms with Crippen molar-refractivity contribution in [3.05, 3.63) is 35.9 Å². The minimum Gasteiger partial charge on any atom is -0.354 e. The summed E-state index contributed by atoms with van der Waals surface area (Å²) in [5, 5.41) is 3.19. The lowest BCUT2D eigenvalue weighted by Gasteiger charge is -2.22. The molecule has 1 N–H and O–H groups in total. The van der Waals surface area contributed by atoms with Crippen molar-refractivity contribution in [1.29, 1.82) is 0 Å². The average Bonchev–Trinajstić information content (AvgIpc) is 2.55. The molecule has 1 unspecified atom stereocenters. The highest BCUT2D eigenvalue weighted by atomic mass is 16.5. The molecule has 1 aromatic rings. The SMILES string of the molecule is CC1(c2ccccc2)CNCO1. The second-order valence-electron chi connectivity index (χ2n) is 3.31. The van der Waals surface area contributed by atoms with Crippen LogP contribution in [0.3, 0.4) is 0 Å². The Morgan fingerprint density at radius 3 is 2.67 bits per heavy atom.